The molecule has 1 aromatic carbocycles. The van der Waals surface area contributed by atoms with E-state index in [1.165, 1.54) is 5.56 Å². The first-order chi connectivity index (χ1) is 12.0. The quantitative estimate of drug-likeness (QED) is 0.732. The first-order valence-electron chi connectivity index (χ1n) is 8.16. The van der Waals surface area contributed by atoms with Gasteiger partial charge in [0, 0.05) is 12.7 Å². The second-order valence-corrected chi connectivity index (χ2v) is 7.21. The minimum Gasteiger partial charge on any atom is -0.342 e. The molecule has 0 aliphatic heterocycles. The van der Waals surface area contributed by atoms with Crippen molar-refractivity contribution in [3.8, 4) is 0 Å². The normalized spacial score (nSPS) is 11.0. The van der Waals surface area contributed by atoms with E-state index in [0.717, 1.165) is 15.9 Å². The number of amides is 2. The van der Waals surface area contributed by atoms with Crippen molar-refractivity contribution in [3.05, 3.63) is 53.0 Å². The van der Waals surface area contributed by atoms with E-state index in [9.17, 15) is 9.59 Å². The number of carbonyl (C=O) groups is 2. The van der Waals surface area contributed by atoms with E-state index >= 15 is 0 Å². The summed E-state index contributed by atoms with van der Waals surface area (Å²) in [4.78, 5) is 24.3. The number of anilines is 1. The van der Waals surface area contributed by atoms with Gasteiger partial charge in [-0.1, -0.05) is 26.0 Å². The van der Waals surface area contributed by atoms with E-state index in [1.807, 2.05) is 53.4 Å². The van der Waals surface area contributed by atoms with Gasteiger partial charge in [-0.2, -0.15) is 0 Å². The molecule has 5 nitrogen and oxygen atoms in total. The summed E-state index contributed by atoms with van der Waals surface area (Å²) >= 11 is 1.59. The average molecular weight is 355 g/mol. The summed E-state index contributed by atoms with van der Waals surface area (Å²) in [5, 5.41) is 7.46. The lowest BCUT2D eigenvalue weighted by Crippen LogP contribution is -2.33. The van der Waals surface area contributed by atoms with Crippen LogP contribution in [0.25, 0.3) is 10.2 Å². The van der Waals surface area contributed by atoms with Crippen LogP contribution in [-0.4, -0.2) is 22.9 Å². The molecule has 0 atom stereocenters. The summed E-state index contributed by atoms with van der Waals surface area (Å²) in [5.41, 5.74) is 3.51. The van der Waals surface area contributed by atoms with Gasteiger partial charge in [0.05, 0.1) is 16.8 Å². The monoisotopic (exact) mass is 355 g/mol. The number of nitrogens with one attached hydrogen (secondary N) is 2. The number of carbonyl (C=O) groups excluding carboxylic acids is 2. The summed E-state index contributed by atoms with van der Waals surface area (Å²) < 4.78 is 2.89. The Morgan fingerprint density at radius 3 is 2.52 bits per heavy atom. The number of aryl methyl sites for hydroxylation is 1. The van der Waals surface area contributed by atoms with Crippen LogP contribution in [0.4, 0.5) is 5.69 Å². The Bertz CT molecular complexity index is 907. The predicted octanol–water partition coefficient (Wildman–Crippen LogP) is 3.73. The van der Waals surface area contributed by atoms with E-state index < -0.39 is 0 Å². The highest BCUT2D eigenvalue weighted by atomic mass is 32.1. The number of hydrogen-bond donors (Lipinski definition) is 2. The smallest absolute Gasteiger partial charge is 0.268 e. The molecule has 3 rings (SSSR count). The molecule has 6 heteroatoms. The average Bonchev–Trinajstić information content (AvgIpc) is 3.16. The lowest BCUT2D eigenvalue weighted by Gasteiger charge is -2.09. The van der Waals surface area contributed by atoms with Gasteiger partial charge >= 0.3 is 0 Å². The zero-order valence-electron chi connectivity index (χ0n) is 14.5. The largest absolute Gasteiger partial charge is 0.342 e. The minimum atomic E-state index is -0.254. The highest BCUT2D eigenvalue weighted by molar-refractivity contribution is 7.17. The molecule has 0 unspecified atom stereocenters. The Kier molecular flexibility index (Phi) is 4.90. The summed E-state index contributed by atoms with van der Waals surface area (Å²) in [6.07, 6.45) is 0. The Hall–Kier alpha value is -2.60. The third kappa shape index (κ3) is 3.74. The van der Waals surface area contributed by atoms with Crippen LogP contribution in [0.1, 0.15) is 35.8 Å². The Morgan fingerprint density at radius 1 is 1.16 bits per heavy atom. The van der Waals surface area contributed by atoms with Gasteiger partial charge in [-0.25, -0.2) is 0 Å². The first kappa shape index (κ1) is 17.2. The number of nitrogens with zero attached hydrogens (tertiary/aromatic N) is 1. The molecule has 0 fully saturated rings. The number of benzene rings is 1. The Labute approximate surface area is 150 Å². The van der Waals surface area contributed by atoms with Gasteiger partial charge in [0.1, 0.15) is 5.69 Å². The summed E-state index contributed by atoms with van der Waals surface area (Å²) in [5.74, 6) is -0.0539. The van der Waals surface area contributed by atoms with Gasteiger partial charge in [0.2, 0.25) is 5.91 Å². The molecular formula is C19H21N3O2S. The van der Waals surface area contributed by atoms with E-state index in [2.05, 4.69) is 24.5 Å². The highest BCUT2D eigenvalue weighted by Crippen LogP contribution is 2.24. The number of aromatic nitrogens is 1. The fourth-order valence-electron chi connectivity index (χ4n) is 2.68. The second-order valence-electron chi connectivity index (χ2n) is 6.27. The molecule has 2 aromatic heterocycles. The predicted molar refractivity (Wildman–Crippen MR) is 102 cm³/mol. The van der Waals surface area contributed by atoms with Crippen LogP contribution in [0.3, 0.4) is 0 Å². The molecule has 2 N–H and O–H groups in total. The van der Waals surface area contributed by atoms with E-state index in [0.29, 0.717) is 11.6 Å². The van der Waals surface area contributed by atoms with Crippen molar-refractivity contribution in [3.63, 3.8) is 0 Å². The Morgan fingerprint density at radius 2 is 1.88 bits per heavy atom. The minimum absolute atomic E-state index is 0.0659. The maximum absolute atomic E-state index is 12.3. The van der Waals surface area contributed by atoms with Crippen LogP contribution in [-0.2, 0) is 11.8 Å². The van der Waals surface area contributed by atoms with Gasteiger partial charge in [-0.05, 0) is 41.1 Å². The van der Waals surface area contributed by atoms with Crippen molar-refractivity contribution in [1.82, 2.24) is 9.88 Å². The van der Waals surface area contributed by atoms with Gasteiger partial charge in [0.25, 0.3) is 5.91 Å². The van der Waals surface area contributed by atoms with Gasteiger partial charge in [-0.15, -0.1) is 11.3 Å². The van der Waals surface area contributed by atoms with Crippen LogP contribution in [0.5, 0.6) is 0 Å². The summed E-state index contributed by atoms with van der Waals surface area (Å²) in [6.45, 7) is 4.18. The zero-order valence-corrected chi connectivity index (χ0v) is 15.3. The molecule has 0 radical (unpaired) electrons. The third-order valence-electron chi connectivity index (χ3n) is 4.17. The number of fused-ring (bicyclic) bond motifs is 1. The summed E-state index contributed by atoms with van der Waals surface area (Å²) in [7, 11) is 1.85. The maximum atomic E-state index is 12.3. The fourth-order valence-corrected chi connectivity index (χ4v) is 3.52. The van der Waals surface area contributed by atoms with E-state index in [4.69, 9.17) is 0 Å². The van der Waals surface area contributed by atoms with E-state index in [1.54, 1.807) is 11.3 Å². The van der Waals surface area contributed by atoms with Crippen molar-refractivity contribution in [2.24, 2.45) is 7.05 Å². The van der Waals surface area contributed by atoms with Crippen LogP contribution in [0.15, 0.2) is 41.8 Å². The molecule has 25 heavy (non-hydrogen) atoms. The molecule has 2 amide bonds. The first-order valence-corrected chi connectivity index (χ1v) is 9.04. The molecule has 130 valence electrons. The zero-order chi connectivity index (χ0) is 18.0. The molecular weight excluding hydrogens is 334 g/mol. The van der Waals surface area contributed by atoms with Gasteiger partial charge < -0.3 is 15.2 Å². The third-order valence-corrected chi connectivity index (χ3v) is 5.02. The van der Waals surface area contributed by atoms with Crippen LogP contribution in [0.2, 0.25) is 0 Å². The van der Waals surface area contributed by atoms with Crippen molar-refractivity contribution in [2.75, 3.05) is 11.9 Å². The SMILES string of the molecule is CC(C)c1ccc(NC(=O)CNC(=O)c2cc3sccc3n2C)cc1. The van der Waals surface area contributed by atoms with Crippen molar-refractivity contribution in [2.45, 2.75) is 19.8 Å². The Balaban J connectivity index is 1.57. The lowest BCUT2D eigenvalue weighted by atomic mass is 10.0. The van der Waals surface area contributed by atoms with Crippen molar-refractivity contribution < 1.29 is 9.59 Å². The molecule has 0 bridgehead atoms. The molecule has 0 saturated carbocycles. The maximum Gasteiger partial charge on any atom is 0.268 e. The molecule has 0 spiro atoms. The number of hydrogen-bond acceptors (Lipinski definition) is 3. The van der Waals surface area contributed by atoms with Crippen molar-refractivity contribution in [1.29, 1.82) is 0 Å². The summed E-state index contributed by atoms with van der Waals surface area (Å²) in [6, 6.07) is 11.6. The molecule has 2 heterocycles. The van der Waals surface area contributed by atoms with Gasteiger partial charge in [0.15, 0.2) is 0 Å². The van der Waals surface area contributed by atoms with E-state index in [-0.39, 0.29) is 18.4 Å². The van der Waals surface area contributed by atoms with Crippen molar-refractivity contribution >= 4 is 39.1 Å². The van der Waals surface area contributed by atoms with Gasteiger partial charge in [-0.3, -0.25) is 9.59 Å². The number of rotatable bonds is 5. The highest BCUT2D eigenvalue weighted by Gasteiger charge is 2.15. The molecule has 0 aliphatic carbocycles. The van der Waals surface area contributed by atoms with Crippen LogP contribution < -0.4 is 10.6 Å². The lowest BCUT2D eigenvalue weighted by molar-refractivity contribution is -0.115. The fraction of sp³-hybridized carbons (Fsp3) is 0.263. The van der Waals surface area contributed by atoms with Crippen LogP contribution in [0, 0.1) is 0 Å². The molecule has 0 saturated heterocycles. The molecule has 3 aromatic rings. The van der Waals surface area contributed by atoms with Crippen LogP contribution >= 0.6 is 11.3 Å². The number of thiophene rings is 1. The standard InChI is InChI=1S/C19H21N3O2S/c1-12(2)13-4-6-14(7-5-13)21-18(23)11-20-19(24)16-10-17-15(22(16)3)8-9-25-17/h4-10,12H,11H2,1-3H3,(H,20,24)(H,21,23). The molecule has 0 aliphatic rings. The second kappa shape index (κ2) is 7.11. The topological polar surface area (TPSA) is 63.1 Å².